The summed E-state index contributed by atoms with van der Waals surface area (Å²) in [5.41, 5.74) is 7.78. The van der Waals surface area contributed by atoms with Crippen LogP contribution in [0.2, 0.25) is 0 Å². The van der Waals surface area contributed by atoms with Gasteiger partial charge in [0.1, 0.15) is 16.3 Å². The molecule has 0 bridgehead atoms. The largest absolute Gasteiger partial charge is 0.492 e. The number of aromatic nitrogens is 3. The molecule has 0 saturated carbocycles. The Morgan fingerprint density at radius 3 is 3.05 bits per heavy atom. The van der Waals surface area contributed by atoms with Gasteiger partial charge in [0.15, 0.2) is 0 Å². The Hall–Kier alpha value is -2.08. The number of rotatable bonds is 4. The molecule has 3 aromatic rings. The third-order valence-electron chi connectivity index (χ3n) is 2.85. The van der Waals surface area contributed by atoms with Crippen molar-refractivity contribution in [3.8, 4) is 5.75 Å². The molecule has 98 valence electrons. The first-order valence-electron chi connectivity index (χ1n) is 6.05. The van der Waals surface area contributed by atoms with Crippen molar-refractivity contribution in [1.29, 1.82) is 0 Å². The van der Waals surface area contributed by atoms with Crippen molar-refractivity contribution in [1.82, 2.24) is 14.5 Å². The van der Waals surface area contributed by atoms with Gasteiger partial charge in [0.05, 0.1) is 18.7 Å². The first-order valence-corrected chi connectivity index (χ1v) is 6.93. The molecule has 0 fully saturated rings. The van der Waals surface area contributed by atoms with Crippen LogP contribution in [0.3, 0.4) is 0 Å². The summed E-state index contributed by atoms with van der Waals surface area (Å²) >= 11 is 1.61. The van der Waals surface area contributed by atoms with Gasteiger partial charge in [-0.15, -0.1) is 11.3 Å². The van der Waals surface area contributed by atoms with Gasteiger partial charge < -0.3 is 15.0 Å². The van der Waals surface area contributed by atoms with Gasteiger partial charge in [0.2, 0.25) is 5.95 Å². The standard InChI is InChI=1S/C13H14N4OS/c1-2-18-10-5-3-4-9-12(10)16-13(14)17(9)8-11-15-6-7-19-11/h3-7H,2,8H2,1H3,(H2,14,16). The predicted molar refractivity (Wildman–Crippen MR) is 76.5 cm³/mol. The lowest BCUT2D eigenvalue weighted by atomic mass is 10.3. The van der Waals surface area contributed by atoms with Crippen molar-refractivity contribution in [3.05, 3.63) is 34.8 Å². The van der Waals surface area contributed by atoms with Crippen LogP contribution >= 0.6 is 11.3 Å². The molecule has 0 aliphatic carbocycles. The van der Waals surface area contributed by atoms with Crippen molar-refractivity contribution in [3.63, 3.8) is 0 Å². The number of hydrogen-bond donors (Lipinski definition) is 1. The normalized spacial score (nSPS) is 11.0. The Labute approximate surface area is 114 Å². The summed E-state index contributed by atoms with van der Waals surface area (Å²) in [6.07, 6.45) is 1.79. The number of hydrogen-bond acceptors (Lipinski definition) is 5. The minimum Gasteiger partial charge on any atom is -0.492 e. The van der Waals surface area contributed by atoms with E-state index < -0.39 is 0 Å². The lowest BCUT2D eigenvalue weighted by molar-refractivity contribution is 0.343. The highest BCUT2D eigenvalue weighted by Crippen LogP contribution is 2.27. The number of fused-ring (bicyclic) bond motifs is 1. The van der Waals surface area contributed by atoms with Crippen molar-refractivity contribution < 1.29 is 4.74 Å². The quantitative estimate of drug-likeness (QED) is 0.794. The van der Waals surface area contributed by atoms with Gasteiger partial charge in [-0.25, -0.2) is 9.97 Å². The molecule has 0 spiro atoms. The summed E-state index contributed by atoms with van der Waals surface area (Å²) in [5.74, 6) is 1.25. The molecule has 0 saturated heterocycles. The van der Waals surface area contributed by atoms with Crippen molar-refractivity contribution in [2.24, 2.45) is 0 Å². The number of nitrogens with zero attached hydrogens (tertiary/aromatic N) is 3. The highest BCUT2D eigenvalue weighted by molar-refractivity contribution is 7.09. The van der Waals surface area contributed by atoms with Crippen LogP contribution in [0, 0.1) is 0 Å². The van der Waals surface area contributed by atoms with Gasteiger partial charge in [-0.2, -0.15) is 0 Å². The molecule has 3 rings (SSSR count). The van der Waals surface area contributed by atoms with E-state index in [1.807, 2.05) is 35.1 Å². The molecule has 0 aliphatic rings. The summed E-state index contributed by atoms with van der Waals surface area (Å²) in [5, 5.41) is 2.96. The van der Waals surface area contributed by atoms with E-state index in [1.165, 1.54) is 0 Å². The Morgan fingerprint density at radius 1 is 1.42 bits per heavy atom. The summed E-state index contributed by atoms with van der Waals surface area (Å²) < 4.78 is 7.53. The Morgan fingerprint density at radius 2 is 2.32 bits per heavy atom. The second-order valence-electron chi connectivity index (χ2n) is 4.04. The van der Waals surface area contributed by atoms with E-state index in [0.29, 0.717) is 19.1 Å². The van der Waals surface area contributed by atoms with E-state index >= 15 is 0 Å². The van der Waals surface area contributed by atoms with Gasteiger partial charge in [0, 0.05) is 11.6 Å². The summed E-state index contributed by atoms with van der Waals surface area (Å²) in [6.45, 7) is 3.20. The maximum Gasteiger partial charge on any atom is 0.201 e. The molecule has 5 nitrogen and oxygen atoms in total. The number of anilines is 1. The molecule has 0 atom stereocenters. The molecule has 2 heterocycles. The Kier molecular flexibility index (Phi) is 3.08. The van der Waals surface area contributed by atoms with E-state index in [1.54, 1.807) is 17.5 Å². The zero-order chi connectivity index (χ0) is 13.2. The highest BCUT2D eigenvalue weighted by atomic mass is 32.1. The van der Waals surface area contributed by atoms with Gasteiger partial charge in [-0.3, -0.25) is 0 Å². The van der Waals surface area contributed by atoms with E-state index in [2.05, 4.69) is 9.97 Å². The van der Waals surface area contributed by atoms with Crippen LogP contribution in [0.1, 0.15) is 11.9 Å². The molecule has 6 heteroatoms. The lowest BCUT2D eigenvalue weighted by Gasteiger charge is -2.05. The van der Waals surface area contributed by atoms with Crippen LogP contribution in [-0.2, 0) is 6.54 Å². The SMILES string of the molecule is CCOc1cccc2c1nc(N)n2Cc1nccs1. The molecular formula is C13H14N4OS. The molecule has 19 heavy (non-hydrogen) atoms. The van der Waals surface area contributed by atoms with E-state index in [0.717, 1.165) is 21.8 Å². The van der Waals surface area contributed by atoms with Gasteiger partial charge in [-0.05, 0) is 19.1 Å². The summed E-state index contributed by atoms with van der Waals surface area (Å²) in [6, 6.07) is 5.85. The maximum atomic E-state index is 6.01. The molecule has 0 amide bonds. The van der Waals surface area contributed by atoms with E-state index in [-0.39, 0.29) is 0 Å². The van der Waals surface area contributed by atoms with E-state index in [9.17, 15) is 0 Å². The number of thiazole rings is 1. The minimum atomic E-state index is 0.484. The molecular weight excluding hydrogens is 260 g/mol. The molecule has 0 unspecified atom stereocenters. The number of imidazole rings is 1. The zero-order valence-electron chi connectivity index (χ0n) is 10.5. The number of benzene rings is 1. The summed E-state index contributed by atoms with van der Waals surface area (Å²) in [4.78, 5) is 8.69. The molecule has 2 N–H and O–H groups in total. The molecule has 0 aliphatic heterocycles. The fourth-order valence-corrected chi connectivity index (χ4v) is 2.65. The van der Waals surface area contributed by atoms with Crippen molar-refractivity contribution in [2.45, 2.75) is 13.5 Å². The smallest absolute Gasteiger partial charge is 0.201 e. The zero-order valence-corrected chi connectivity index (χ0v) is 11.4. The number of nitrogen functional groups attached to an aromatic ring is 1. The highest BCUT2D eigenvalue weighted by Gasteiger charge is 2.13. The Balaban J connectivity index is 2.09. The number of para-hydroxylation sites is 1. The second-order valence-corrected chi connectivity index (χ2v) is 5.02. The average molecular weight is 274 g/mol. The van der Waals surface area contributed by atoms with Gasteiger partial charge in [-0.1, -0.05) is 6.07 Å². The lowest BCUT2D eigenvalue weighted by Crippen LogP contribution is -2.04. The number of ether oxygens (including phenoxy) is 1. The second kappa shape index (κ2) is 4.89. The summed E-state index contributed by atoms with van der Waals surface area (Å²) in [7, 11) is 0. The fourth-order valence-electron chi connectivity index (χ4n) is 2.04. The molecule has 2 aromatic heterocycles. The fraction of sp³-hybridized carbons (Fsp3) is 0.231. The Bertz CT molecular complexity index is 690. The predicted octanol–water partition coefficient (Wildman–Crippen LogP) is 2.52. The van der Waals surface area contributed by atoms with Gasteiger partial charge in [0.25, 0.3) is 0 Å². The first-order chi connectivity index (χ1) is 9.29. The minimum absolute atomic E-state index is 0.484. The first kappa shape index (κ1) is 12.0. The van der Waals surface area contributed by atoms with E-state index in [4.69, 9.17) is 10.5 Å². The van der Waals surface area contributed by atoms with Crippen LogP contribution in [-0.4, -0.2) is 21.1 Å². The number of nitrogens with two attached hydrogens (primary N) is 1. The van der Waals surface area contributed by atoms with Crippen molar-refractivity contribution in [2.75, 3.05) is 12.3 Å². The van der Waals surface area contributed by atoms with Crippen LogP contribution in [0.4, 0.5) is 5.95 Å². The van der Waals surface area contributed by atoms with Crippen molar-refractivity contribution >= 4 is 28.3 Å². The third kappa shape index (κ3) is 2.15. The third-order valence-corrected chi connectivity index (χ3v) is 3.61. The van der Waals surface area contributed by atoms with Crippen LogP contribution in [0.5, 0.6) is 5.75 Å². The molecule has 0 radical (unpaired) electrons. The van der Waals surface area contributed by atoms with Crippen LogP contribution in [0.25, 0.3) is 11.0 Å². The van der Waals surface area contributed by atoms with Crippen LogP contribution in [0.15, 0.2) is 29.8 Å². The monoisotopic (exact) mass is 274 g/mol. The topological polar surface area (TPSA) is 66.0 Å². The van der Waals surface area contributed by atoms with Crippen LogP contribution < -0.4 is 10.5 Å². The molecule has 1 aromatic carbocycles. The van der Waals surface area contributed by atoms with Gasteiger partial charge >= 0.3 is 0 Å². The maximum absolute atomic E-state index is 6.01. The average Bonchev–Trinajstić information content (AvgIpc) is 3.01.